The van der Waals surface area contributed by atoms with Gasteiger partial charge in [-0.25, -0.2) is 4.79 Å². The normalized spacial score (nSPS) is 15.3. The van der Waals surface area contributed by atoms with Crippen LogP contribution in [-0.4, -0.2) is 47.4 Å². The van der Waals surface area contributed by atoms with E-state index in [1.54, 1.807) is 11.1 Å². The first-order chi connectivity index (χ1) is 16.9. The number of carbonyl (C=O) groups is 1. The summed E-state index contributed by atoms with van der Waals surface area (Å²) in [5.74, 6) is 1.51. The number of ether oxygens (including phenoxy) is 3. The van der Waals surface area contributed by atoms with E-state index in [9.17, 15) is 4.79 Å². The molecular weight excluding hydrogens is 440 g/mol. The average molecular weight is 475 g/mol. The first kappa shape index (κ1) is 24.6. The van der Waals surface area contributed by atoms with Crippen LogP contribution >= 0.6 is 0 Å². The summed E-state index contributed by atoms with van der Waals surface area (Å²) in [7, 11) is 0. The summed E-state index contributed by atoms with van der Waals surface area (Å²) in [5.41, 5.74) is 2.79. The second-order valence-corrected chi connectivity index (χ2v) is 9.80. The quantitative estimate of drug-likeness (QED) is 0.348. The average Bonchev–Trinajstić information content (AvgIpc) is 2.81. The molecule has 35 heavy (non-hydrogen) atoms. The van der Waals surface area contributed by atoms with Gasteiger partial charge in [0.25, 0.3) is 0 Å². The molecule has 0 bridgehead atoms. The van der Waals surface area contributed by atoms with E-state index in [1.807, 2.05) is 63.4 Å². The molecule has 1 amide bonds. The van der Waals surface area contributed by atoms with Crippen molar-refractivity contribution in [2.24, 2.45) is 0 Å². The van der Waals surface area contributed by atoms with Crippen molar-refractivity contribution in [3.8, 4) is 22.6 Å². The van der Waals surface area contributed by atoms with Gasteiger partial charge in [-0.3, -0.25) is 4.98 Å². The van der Waals surface area contributed by atoms with Gasteiger partial charge >= 0.3 is 6.09 Å². The highest BCUT2D eigenvalue weighted by molar-refractivity contribution is 5.69. The zero-order chi connectivity index (χ0) is 24.7. The molecule has 184 valence electrons. The fourth-order valence-corrected chi connectivity index (χ4v) is 3.90. The highest BCUT2D eigenvalue weighted by Crippen LogP contribution is 2.27. The maximum Gasteiger partial charge on any atom is 0.410 e. The number of rotatable bonds is 9. The number of pyridine rings is 1. The van der Waals surface area contributed by atoms with Crippen LogP contribution in [0.15, 0.2) is 73.1 Å². The van der Waals surface area contributed by atoms with Crippen molar-refractivity contribution in [3.05, 3.63) is 78.6 Å². The maximum atomic E-state index is 12.3. The van der Waals surface area contributed by atoms with Crippen LogP contribution in [0.5, 0.6) is 11.5 Å². The van der Waals surface area contributed by atoms with Gasteiger partial charge in [0.05, 0.1) is 18.8 Å². The molecule has 0 radical (unpaired) electrons. The summed E-state index contributed by atoms with van der Waals surface area (Å²) in [5, 5.41) is 0. The summed E-state index contributed by atoms with van der Waals surface area (Å²) >= 11 is 0. The number of amides is 1. The fraction of sp³-hybridized carbons (Fsp3) is 0.379. The molecule has 1 fully saturated rings. The van der Waals surface area contributed by atoms with Crippen LogP contribution in [-0.2, 0) is 11.2 Å². The molecule has 1 unspecified atom stereocenters. The zero-order valence-electron chi connectivity index (χ0n) is 20.8. The fourth-order valence-electron chi connectivity index (χ4n) is 3.90. The van der Waals surface area contributed by atoms with Crippen molar-refractivity contribution in [2.45, 2.75) is 51.7 Å². The lowest BCUT2D eigenvalue weighted by atomic mass is 10.1. The van der Waals surface area contributed by atoms with Crippen molar-refractivity contribution in [3.63, 3.8) is 0 Å². The monoisotopic (exact) mass is 474 g/mol. The van der Waals surface area contributed by atoms with Crippen LogP contribution < -0.4 is 9.47 Å². The second-order valence-electron chi connectivity index (χ2n) is 9.80. The highest BCUT2D eigenvalue weighted by atomic mass is 16.6. The Morgan fingerprint density at radius 2 is 1.77 bits per heavy atom. The molecule has 0 aliphatic carbocycles. The van der Waals surface area contributed by atoms with Gasteiger partial charge < -0.3 is 19.1 Å². The van der Waals surface area contributed by atoms with Crippen LogP contribution in [0.3, 0.4) is 0 Å². The topological polar surface area (TPSA) is 60.9 Å². The third kappa shape index (κ3) is 7.22. The van der Waals surface area contributed by atoms with Crippen molar-refractivity contribution in [2.75, 3.05) is 19.8 Å². The lowest BCUT2D eigenvalue weighted by molar-refractivity contribution is -0.0141. The number of aryl methyl sites for hydroxylation is 1. The standard InChI is InChI=1S/C29H34N2O4/c1-29(2,3)35-28(32)31-15-14-25(31)21-34-27-18-24(19-30-20-27)23-12-7-13-26(17-23)33-16-8-11-22-9-5-4-6-10-22/h4-7,9-10,12-13,17-20,25H,8,11,14-16,21H2,1-3H3. The molecule has 2 aromatic carbocycles. The second kappa shape index (κ2) is 11.3. The van der Waals surface area contributed by atoms with Crippen LogP contribution in [0.1, 0.15) is 39.2 Å². The van der Waals surface area contributed by atoms with Crippen LogP contribution in [0.2, 0.25) is 0 Å². The molecule has 3 aromatic rings. The molecule has 1 aromatic heterocycles. The molecule has 0 saturated carbocycles. The number of benzene rings is 2. The van der Waals surface area contributed by atoms with E-state index in [-0.39, 0.29) is 12.1 Å². The van der Waals surface area contributed by atoms with Crippen molar-refractivity contribution < 1.29 is 19.0 Å². The van der Waals surface area contributed by atoms with Gasteiger partial charge in [0.15, 0.2) is 0 Å². The summed E-state index contributed by atoms with van der Waals surface area (Å²) in [6.07, 6.45) is 6.08. The number of carbonyl (C=O) groups excluding carboxylic acids is 1. The summed E-state index contributed by atoms with van der Waals surface area (Å²) in [4.78, 5) is 18.4. The predicted octanol–water partition coefficient (Wildman–Crippen LogP) is 6.15. The molecule has 4 rings (SSSR count). The van der Waals surface area contributed by atoms with E-state index in [0.29, 0.717) is 25.5 Å². The summed E-state index contributed by atoms with van der Waals surface area (Å²) in [6.45, 7) is 7.39. The zero-order valence-corrected chi connectivity index (χ0v) is 20.8. The van der Waals surface area contributed by atoms with Gasteiger partial charge in [-0.1, -0.05) is 42.5 Å². The molecule has 6 nitrogen and oxygen atoms in total. The lowest BCUT2D eigenvalue weighted by Gasteiger charge is -2.40. The molecule has 0 spiro atoms. The van der Waals surface area contributed by atoms with Crippen LogP contribution in [0.25, 0.3) is 11.1 Å². The Kier molecular flexibility index (Phi) is 7.91. The minimum atomic E-state index is -0.503. The number of likely N-dealkylation sites (tertiary alicyclic amines) is 1. The first-order valence-corrected chi connectivity index (χ1v) is 12.2. The van der Waals surface area contributed by atoms with E-state index in [0.717, 1.165) is 36.1 Å². The van der Waals surface area contributed by atoms with Gasteiger partial charge in [0.2, 0.25) is 0 Å². The van der Waals surface area contributed by atoms with E-state index >= 15 is 0 Å². The van der Waals surface area contributed by atoms with Gasteiger partial charge in [-0.05, 0) is 69.4 Å². The molecule has 1 atom stereocenters. The SMILES string of the molecule is CC(C)(C)OC(=O)N1CCC1COc1cncc(-c2cccc(OCCCc3ccccc3)c2)c1. The number of nitrogens with zero attached hydrogens (tertiary/aromatic N) is 2. The Balaban J connectivity index is 1.29. The lowest BCUT2D eigenvalue weighted by Crippen LogP contribution is -2.55. The van der Waals surface area contributed by atoms with E-state index in [2.05, 4.69) is 29.2 Å². The maximum absolute atomic E-state index is 12.3. The van der Waals surface area contributed by atoms with Gasteiger partial charge in [-0.2, -0.15) is 0 Å². The third-order valence-corrected chi connectivity index (χ3v) is 5.82. The predicted molar refractivity (Wildman–Crippen MR) is 137 cm³/mol. The smallest absolute Gasteiger partial charge is 0.410 e. The molecule has 0 N–H and O–H groups in total. The Labute approximate surface area is 207 Å². The third-order valence-electron chi connectivity index (χ3n) is 5.82. The van der Waals surface area contributed by atoms with Crippen molar-refractivity contribution in [1.29, 1.82) is 0 Å². The van der Waals surface area contributed by atoms with Gasteiger partial charge in [0, 0.05) is 18.3 Å². The van der Waals surface area contributed by atoms with Crippen molar-refractivity contribution >= 4 is 6.09 Å². The highest BCUT2D eigenvalue weighted by Gasteiger charge is 2.35. The van der Waals surface area contributed by atoms with Gasteiger partial charge in [-0.15, -0.1) is 0 Å². The largest absolute Gasteiger partial charge is 0.494 e. The Morgan fingerprint density at radius 3 is 2.51 bits per heavy atom. The molecular formula is C29H34N2O4. The van der Waals surface area contributed by atoms with Crippen LogP contribution in [0, 0.1) is 0 Å². The molecule has 2 heterocycles. The Bertz CT molecular complexity index is 1110. The van der Waals surface area contributed by atoms with Crippen LogP contribution in [0.4, 0.5) is 4.79 Å². The number of hydrogen-bond acceptors (Lipinski definition) is 5. The van der Waals surface area contributed by atoms with E-state index in [4.69, 9.17) is 14.2 Å². The van der Waals surface area contributed by atoms with E-state index in [1.165, 1.54) is 5.56 Å². The van der Waals surface area contributed by atoms with Crippen molar-refractivity contribution in [1.82, 2.24) is 9.88 Å². The number of hydrogen-bond donors (Lipinski definition) is 0. The Hall–Kier alpha value is -3.54. The summed E-state index contributed by atoms with van der Waals surface area (Å²) in [6, 6.07) is 20.5. The number of aromatic nitrogens is 1. The molecule has 1 aliphatic rings. The van der Waals surface area contributed by atoms with Gasteiger partial charge in [0.1, 0.15) is 23.7 Å². The van der Waals surface area contributed by atoms with E-state index < -0.39 is 5.60 Å². The molecule has 1 aliphatic heterocycles. The summed E-state index contributed by atoms with van der Waals surface area (Å²) < 4.78 is 17.5. The first-order valence-electron chi connectivity index (χ1n) is 12.2. The molecule has 6 heteroatoms. The minimum absolute atomic E-state index is 0.0149. The molecule has 1 saturated heterocycles. The Morgan fingerprint density at radius 1 is 0.971 bits per heavy atom. The minimum Gasteiger partial charge on any atom is -0.494 e.